The van der Waals surface area contributed by atoms with E-state index in [9.17, 15) is 4.79 Å². The Morgan fingerprint density at radius 2 is 2.11 bits per heavy atom. The van der Waals surface area contributed by atoms with Crippen LogP contribution in [0.1, 0.15) is 30.6 Å². The zero-order chi connectivity index (χ0) is 13.7. The Kier molecular flexibility index (Phi) is 5.66. The van der Waals surface area contributed by atoms with Crippen molar-refractivity contribution in [2.24, 2.45) is 5.92 Å². The van der Waals surface area contributed by atoms with Gasteiger partial charge in [-0.15, -0.1) is 11.3 Å². The maximum Gasteiger partial charge on any atom is 0.315 e. The van der Waals surface area contributed by atoms with Crippen LogP contribution in [0.3, 0.4) is 0 Å². The summed E-state index contributed by atoms with van der Waals surface area (Å²) in [7, 11) is 0. The molecule has 1 heterocycles. The fourth-order valence-electron chi connectivity index (χ4n) is 2.34. The molecule has 2 rings (SSSR count). The topological polar surface area (TPSA) is 61.4 Å². The molecule has 0 bridgehead atoms. The minimum absolute atomic E-state index is 0.100. The normalized spacial score (nSPS) is 23.1. The third-order valence-corrected chi connectivity index (χ3v) is 5.12. The number of aliphatic hydroxyl groups excluding tert-OH is 1. The summed E-state index contributed by atoms with van der Waals surface area (Å²) in [5, 5.41) is 14.9. The fourth-order valence-corrected chi connectivity index (χ4v) is 3.76. The van der Waals surface area contributed by atoms with Crippen molar-refractivity contribution in [3.05, 3.63) is 20.8 Å². The van der Waals surface area contributed by atoms with E-state index in [1.165, 1.54) is 0 Å². The van der Waals surface area contributed by atoms with Gasteiger partial charge in [-0.25, -0.2) is 4.79 Å². The summed E-state index contributed by atoms with van der Waals surface area (Å²) in [5.74, 6) is 0.421. The molecule has 6 heteroatoms. The molecule has 4 nitrogen and oxygen atoms in total. The molecule has 1 fully saturated rings. The van der Waals surface area contributed by atoms with Crippen LogP contribution in [0, 0.1) is 5.92 Å². The zero-order valence-corrected chi connectivity index (χ0v) is 13.1. The number of halogens is 1. The van der Waals surface area contributed by atoms with Crippen LogP contribution < -0.4 is 10.6 Å². The summed E-state index contributed by atoms with van der Waals surface area (Å²) in [4.78, 5) is 12.9. The van der Waals surface area contributed by atoms with Crippen molar-refractivity contribution in [1.29, 1.82) is 0 Å². The largest absolute Gasteiger partial charge is 0.396 e. The molecular weight excluding hydrogens is 328 g/mol. The number of carbonyl (C=O) groups is 1. The Bertz CT molecular complexity index is 417. The first kappa shape index (κ1) is 14.8. The van der Waals surface area contributed by atoms with Gasteiger partial charge in [0.05, 0.1) is 10.3 Å². The number of amides is 2. The van der Waals surface area contributed by atoms with Gasteiger partial charge in [-0.05, 0) is 59.7 Å². The van der Waals surface area contributed by atoms with Crippen LogP contribution in [0.25, 0.3) is 0 Å². The molecule has 1 aliphatic carbocycles. The molecule has 0 aliphatic heterocycles. The lowest BCUT2D eigenvalue weighted by molar-refractivity contribution is 0.174. The second kappa shape index (κ2) is 7.26. The molecule has 0 unspecified atom stereocenters. The zero-order valence-electron chi connectivity index (χ0n) is 10.7. The van der Waals surface area contributed by atoms with Crippen molar-refractivity contribution >= 4 is 33.3 Å². The van der Waals surface area contributed by atoms with Crippen molar-refractivity contribution in [3.63, 3.8) is 0 Å². The lowest BCUT2D eigenvalue weighted by atomic mass is 9.87. The van der Waals surface area contributed by atoms with E-state index in [0.29, 0.717) is 12.5 Å². The smallest absolute Gasteiger partial charge is 0.315 e. The van der Waals surface area contributed by atoms with E-state index < -0.39 is 0 Å². The van der Waals surface area contributed by atoms with Gasteiger partial charge in [-0.1, -0.05) is 0 Å². The number of hydrogen-bond acceptors (Lipinski definition) is 3. The van der Waals surface area contributed by atoms with Crippen molar-refractivity contribution < 1.29 is 9.90 Å². The van der Waals surface area contributed by atoms with Gasteiger partial charge >= 0.3 is 6.03 Å². The summed E-state index contributed by atoms with van der Waals surface area (Å²) < 4.78 is 1.08. The molecule has 1 aliphatic rings. The molecular formula is C13H19BrN2O2S. The number of aliphatic hydroxyl groups is 1. The number of rotatable bonds is 4. The molecule has 0 aromatic carbocycles. The van der Waals surface area contributed by atoms with Gasteiger partial charge in [0, 0.05) is 17.5 Å². The Labute approximate surface area is 125 Å². The van der Waals surface area contributed by atoms with Gasteiger partial charge in [-0.3, -0.25) is 0 Å². The first-order valence-corrected chi connectivity index (χ1v) is 8.17. The quantitative estimate of drug-likeness (QED) is 0.784. The summed E-state index contributed by atoms with van der Waals surface area (Å²) in [6.07, 6.45) is 3.92. The lowest BCUT2D eigenvalue weighted by Crippen LogP contribution is -2.43. The first-order chi connectivity index (χ1) is 9.17. The van der Waals surface area contributed by atoms with Crippen LogP contribution in [0.4, 0.5) is 4.79 Å². The Morgan fingerprint density at radius 3 is 2.68 bits per heavy atom. The Hall–Kier alpha value is -0.590. The maximum absolute atomic E-state index is 11.8. The number of thiophene rings is 1. The molecule has 1 aromatic rings. The fraction of sp³-hybridized carbons (Fsp3) is 0.615. The van der Waals surface area contributed by atoms with Gasteiger partial charge in [0.15, 0.2) is 0 Å². The molecule has 3 N–H and O–H groups in total. The van der Waals surface area contributed by atoms with E-state index in [1.54, 1.807) is 11.3 Å². The highest BCUT2D eigenvalue weighted by Gasteiger charge is 2.21. The highest BCUT2D eigenvalue weighted by Crippen LogP contribution is 2.24. The van der Waals surface area contributed by atoms with E-state index in [-0.39, 0.29) is 18.7 Å². The molecule has 1 saturated carbocycles. The molecule has 0 saturated heterocycles. The van der Waals surface area contributed by atoms with Crippen molar-refractivity contribution in [2.45, 2.75) is 38.3 Å². The van der Waals surface area contributed by atoms with Crippen LogP contribution in [-0.4, -0.2) is 23.8 Å². The van der Waals surface area contributed by atoms with Gasteiger partial charge in [-0.2, -0.15) is 0 Å². The highest BCUT2D eigenvalue weighted by atomic mass is 79.9. The average molecular weight is 347 g/mol. The molecule has 106 valence electrons. The monoisotopic (exact) mass is 346 g/mol. The van der Waals surface area contributed by atoms with Crippen LogP contribution in [0.15, 0.2) is 15.9 Å². The minimum atomic E-state index is -0.100. The van der Waals surface area contributed by atoms with Crippen molar-refractivity contribution in [1.82, 2.24) is 10.6 Å². The summed E-state index contributed by atoms with van der Waals surface area (Å²) in [6, 6.07) is 4.13. The van der Waals surface area contributed by atoms with E-state index >= 15 is 0 Å². The predicted octanol–water partition coefficient (Wildman–Crippen LogP) is 2.86. The molecule has 2 amide bonds. The molecule has 0 spiro atoms. The van der Waals surface area contributed by atoms with Crippen LogP contribution in [-0.2, 0) is 6.54 Å². The number of urea groups is 1. The number of hydrogen-bond donors (Lipinski definition) is 3. The average Bonchev–Trinajstić information content (AvgIpc) is 2.83. The van der Waals surface area contributed by atoms with E-state index in [0.717, 1.165) is 34.3 Å². The third kappa shape index (κ3) is 4.78. The summed E-state index contributed by atoms with van der Waals surface area (Å²) in [5.41, 5.74) is 0. The SMILES string of the molecule is O=C(NCc1ccc(Br)s1)NC1CCC(CO)CC1. The number of carbonyl (C=O) groups excluding carboxylic acids is 1. The molecule has 19 heavy (non-hydrogen) atoms. The molecule has 1 aromatic heterocycles. The summed E-state index contributed by atoms with van der Waals surface area (Å²) in [6.45, 7) is 0.834. The van der Waals surface area contributed by atoms with E-state index in [4.69, 9.17) is 5.11 Å². The highest BCUT2D eigenvalue weighted by molar-refractivity contribution is 9.11. The van der Waals surface area contributed by atoms with Gasteiger partial charge in [0.2, 0.25) is 0 Å². The standard InChI is InChI=1S/C13H19BrN2O2S/c14-12-6-5-11(19-12)7-15-13(18)16-10-3-1-9(8-17)2-4-10/h5-6,9-10,17H,1-4,7-8H2,(H2,15,16,18). The van der Waals surface area contributed by atoms with Gasteiger partial charge < -0.3 is 15.7 Å². The second-order valence-electron chi connectivity index (χ2n) is 4.93. The number of nitrogens with one attached hydrogen (secondary N) is 2. The molecule has 0 atom stereocenters. The van der Waals surface area contributed by atoms with Crippen LogP contribution >= 0.6 is 27.3 Å². The molecule has 0 radical (unpaired) electrons. The van der Waals surface area contributed by atoms with Crippen LogP contribution in [0.2, 0.25) is 0 Å². The Morgan fingerprint density at radius 1 is 1.37 bits per heavy atom. The van der Waals surface area contributed by atoms with Gasteiger partial charge in [0.25, 0.3) is 0 Å². The Balaban J connectivity index is 1.67. The van der Waals surface area contributed by atoms with Crippen molar-refractivity contribution in [2.75, 3.05) is 6.61 Å². The van der Waals surface area contributed by atoms with Gasteiger partial charge in [0.1, 0.15) is 0 Å². The second-order valence-corrected chi connectivity index (χ2v) is 7.48. The summed E-state index contributed by atoms with van der Waals surface area (Å²) >= 11 is 5.03. The van der Waals surface area contributed by atoms with E-state index in [2.05, 4.69) is 26.6 Å². The minimum Gasteiger partial charge on any atom is -0.396 e. The predicted molar refractivity (Wildman–Crippen MR) is 80.2 cm³/mol. The van der Waals surface area contributed by atoms with Crippen molar-refractivity contribution in [3.8, 4) is 0 Å². The van der Waals surface area contributed by atoms with E-state index in [1.807, 2.05) is 12.1 Å². The third-order valence-electron chi connectivity index (χ3n) is 3.49. The van der Waals surface area contributed by atoms with Crippen LogP contribution in [0.5, 0.6) is 0 Å². The lowest BCUT2D eigenvalue weighted by Gasteiger charge is -2.27. The maximum atomic E-state index is 11.8. The first-order valence-electron chi connectivity index (χ1n) is 6.57.